The maximum Gasteiger partial charge on any atom is 0.158 e. The third kappa shape index (κ3) is 2.42. The molecule has 2 fully saturated rings. The van der Waals surface area contributed by atoms with Crippen molar-refractivity contribution < 1.29 is 14.2 Å². The fourth-order valence-corrected chi connectivity index (χ4v) is 1.78. The van der Waals surface area contributed by atoms with E-state index in [9.17, 15) is 0 Å². The predicted molar refractivity (Wildman–Crippen MR) is 48.5 cm³/mol. The zero-order valence-corrected chi connectivity index (χ0v) is 8.25. The summed E-state index contributed by atoms with van der Waals surface area (Å²) < 4.78 is 16.5. The lowest BCUT2D eigenvalue weighted by atomic mass is 10.2. The molecule has 3 heteroatoms. The van der Waals surface area contributed by atoms with E-state index in [-0.39, 0.29) is 11.9 Å². The average molecular weight is 186 g/mol. The van der Waals surface area contributed by atoms with Crippen molar-refractivity contribution in [3.63, 3.8) is 0 Å². The van der Waals surface area contributed by atoms with E-state index in [4.69, 9.17) is 14.2 Å². The topological polar surface area (TPSA) is 27.7 Å². The number of ether oxygens (including phenoxy) is 3. The van der Waals surface area contributed by atoms with Crippen molar-refractivity contribution in [2.45, 2.75) is 44.0 Å². The summed E-state index contributed by atoms with van der Waals surface area (Å²) in [5.74, 6) is 0. The van der Waals surface area contributed by atoms with E-state index in [0.717, 1.165) is 25.9 Å². The molecule has 13 heavy (non-hydrogen) atoms. The van der Waals surface area contributed by atoms with E-state index in [1.165, 1.54) is 12.8 Å². The Kier molecular flexibility index (Phi) is 2.86. The van der Waals surface area contributed by atoms with Crippen molar-refractivity contribution in [3.05, 3.63) is 0 Å². The van der Waals surface area contributed by atoms with Crippen LogP contribution >= 0.6 is 0 Å². The quantitative estimate of drug-likeness (QED) is 0.669. The van der Waals surface area contributed by atoms with Gasteiger partial charge in [0.15, 0.2) is 6.29 Å². The zero-order valence-electron chi connectivity index (χ0n) is 8.25. The second-order valence-electron chi connectivity index (χ2n) is 4.03. The molecule has 1 unspecified atom stereocenters. The van der Waals surface area contributed by atoms with E-state index < -0.39 is 0 Å². The molecule has 0 aromatic rings. The van der Waals surface area contributed by atoms with Crippen LogP contribution in [-0.2, 0) is 14.2 Å². The Hall–Kier alpha value is -0.120. The summed E-state index contributed by atoms with van der Waals surface area (Å²) in [6, 6.07) is 0. The average Bonchev–Trinajstić information content (AvgIpc) is 2.87. The Bertz CT molecular complexity index is 160. The molecule has 2 aliphatic rings. The van der Waals surface area contributed by atoms with Gasteiger partial charge in [-0.25, -0.2) is 0 Å². The molecule has 2 rings (SSSR count). The van der Waals surface area contributed by atoms with Crippen LogP contribution in [0.15, 0.2) is 0 Å². The third-order valence-corrected chi connectivity index (χ3v) is 2.73. The summed E-state index contributed by atoms with van der Waals surface area (Å²) in [5, 5.41) is 0. The highest BCUT2D eigenvalue weighted by molar-refractivity contribution is 4.96. The maximum absolute atomic E-state index is 5.88. The highest BCUT2D eigenvalue weighted by Gasteiger charge is 2.46. The standard InChI is InChI=1S/C10H18O3/c1-11-8-10(5-6-10)13-9-4-2-3-7-12-9/h9H,2-8H2,1H3. The fraction of sp³-hybridized carbons (Fsp3) is 1.00. The van der Waals surface area contributed by atoms with E-state index in [1.807, 2.05) is 0 Å². The van der Waals surface area contributed by atoms with Gasteiger partial charge in [0.2, 0.25) is 0 Å². The van der Waals surface area contributed by atoms with Crippen LogP contribution < -0.4 is 0 Å². The lowest BCUT2D eigenvalue weighted by Crippen LogP contribution is -2.31. The smallest absolute Gasteiger partial charge is 0.158 e. The number of rotatable bonds is 4. The molecule has 0 aromatic heterocycles. The molecule has 0 spiro atoms. The first-order valence-electron chi connectivity index (χ1n) is 5.13. The van der Waals surface area contributed by atoms with Crippen molar-refractivity contribution in [1.82, 2.24) is 0 Å². The Morgan fingerprint density at radius 2 is 2.23 bits per heavy atom. The molecule has 1 saturated heterocycles. The Balaban J connectivity index is 1.76. The van der Waals surface area contributed by atoms with Crippen molar-refractivity contribution in [2.24, 2.45) is 0 Å². The van der Waals surface area contributed by atoms with Crippen molar-refractivity contribution >= 4 is 0 Å². The molecule has 0 amide bonds. The third-order valence-electron chi connectivity index (χ3n) is 2.73. The van der Waals surface area contributed by atoms with E-state index >= 15 is 0 Å². The van der Waals surface area contributed by atoms with Gasteiger partial charge in [-0.05, 0) is 32.1 Å². The van der Waals surface area contributed by atoms with Crippen LogP contribution in [0.1, 0.15) is 32.1 Å². The lowest BCUT2D eigenvalue weighted by Gasteiger charge is -2.27. The van der Waals surface area contributed by atoms with Gasteiger partial charge in [0.1, 0.15) is 0 Å². The summed E-state index contributed by atoms with van der Waals surface area (Å²) in [5.41, 5.74) is 0.0107. The summed E-state index contributed by atoms with van der Waals surface area (Å²) >= 11 is 0. The molecule has 1 aliphatic carbocycles. The largest absolute Gasteiger partial charge is 0.382 e. The van der Waals surface area contributed by atoms with Gasteiger partial charge in [-0.2, -0.15) is 0 Å². The van der Waals surface area contributed by atoms with Gasteiger partial charge in [0.25, 0.3) is 0 Å². The van der Waals surface area contributed by atoms with Crippen LogP contribution in [0.5, 0.6) is 0 Å². The summed E-state index contributed by atoms with van der Waals surface area (Å²) in [4.78, 5) is 0. The summed E-state index contributed by atoms with van der Waals surface area (Å²) in [6.45, 7) is 1.57. The molecule has 0 N–H and O–H groups in total. The first kappa shape index (κ1) is 9.44. The van der Waals surface area contributed by atoms with Gasteiger partial charge in [0.05, 0.1) is 12.2 Å². The number of methoxy groups -OCH3 is 1. The van der Waals surface area contributed by atoms with Crippen molar-refractivity contribution in [3.8, 4) is 0 Å². The molecule has 1 atom stereocenters. The lowest BCUT2D eigenvalue weighted by molar-refractivity contribution is -0.205. The molecule has 0 radical (unpaired) electrons. The molecular weight excluding hydrogens is 168 g/mol. The minimum absolute atomic E-state index is 0.0107. The van der Waals surface area contributed by atoms with Crippen molar-refractivity contribution in [2.75, 3.05) is 20.3 Å². The molecule has 0 aromatic carbocycles. The second kappa shape index (κ2) is 3.95. The minimum atomic E-state index is 0.0107. The normalized spacial score (nSPS) is 31.6. The minimum Gasteiger partial charge on any atom is -0.382 e. The highest BCUT2D eigenvalue weighted by Crippen LogP contribution is 2.41. The Morgan fingerprint density at radius 1 is 1.38 bits per heavy atom. The van der Waals surface area contributed by atoms with Gasteiger partial charge in [-0.1, -0.05) is 0 Å². The summed E-state index contributed by atoms with van der Waals surface area (Å²) in [7, 11) is 1.73. The maximum atomic E-state index is 5.88. The van der Waals surface area contributed by atoms with Crippen LogP contribution in [-0.4, -0.2) is 32.2 Å². The Labute approximate surface area is 79.4 Å². The van der Waals surface area contributed by atoms with E-state index in [1.54, 1.807) is 7.11 Å². The van der Waals surface area contributed by atoms with Crippen LogP contribution in [0, 0.1) is 0 Å². The van der Waals surface area contributed by atoms with Crippen LogP contribution in [0.25, 0.3) is 0 Å². The zero-order chi connectivity index (χ0) is 9.15. The fourth-order valence-electron chi connectivity index (χ4n) is 1.78. The van der Waals surface area contributed by atoms with Gasteiger partial charge >= 0.3 is 0 Å². The van der Waals surface area contributed by atoms with Gasteiger partial charge in [0, 0.05) is 13.7 Å². The Morgan fingerprint density at radius 3 is 2.77 bits per heavy atom. The molecule has 0 bridgehead atoms. The molecule has 3 nitrogen and oxygen atoms in total. The SMILES string of the molecule is COCC1(OC2CCCCO2)CC1. The van der Waals surface area contributed by atoms with Crippen molar-refractivity contribution in [1.29, 1.82) is 0 Å². The van der Waals surface area contributed by atoms with Gasteiger partial charge in [-0.15, -0.1) is 0 Å². The first-order valence-corrected chi connectivity index (χ1v) is 5.13. The second-order valence-corrected chi connectivity index (χ2v) is 4.03. The van der Waals surface area contributed by atoms with E-state index in [2.05, 4.69) is 0 Å². The van der Waals surface area contributed by atoms with Crippen LogP contribution in [0.3, 0.4) is 0 Å². The molecular formula is C10H18O3. The van der Waals surface area contributed by atoms with Gasteiger partial charge in [-0.3, -0.25) is 0 Å². The molecule has 76 valence electrons. The predicted octanol–water partition coefficient (Wildman–Crippen LogP) is 1.71. The first-order chi connectivity index (χ1) is 6.35. The van der Waals surface area contributed by atoms with Gasteiger partial charge < -0.3 is 14.2 Å². The summed E-state index contributed by atoms with van der Waals surface area (Å²) in [6.07, 6.45) is 5.74. The molecule has 1 saturated carbocycles. The molecule has 1 heterocycles. The van der Waals surface area contributed by atoms with Crippen LogP contribution in [0.2, 0.25) is 0 Å². The van der Waals surface area contributed by atoms with Crippen LogP contribution in [0.4, 0.5) is 0 Å². The van der Waals surface area contributed by atoms with E-state index in [0.29, 0.717) is 6.61 Å². The highest BCUT2D eigenvalue weighted by atomic mass is 16.7. The number of hydrogen-bond acceptors (Lipinski definition) is 3. The molecule has 1 aliphatic heterocycles. The monoisotopic (exact) mass is 186 g/mol. The number of hydrogen-bond donors (Lipinski definition) is 0.